The van der Waals surface area contributed by atoms with E-state index in [1.165, 1.54) is 0 Å². The molecule has 3 N–H and O–H groups in total. The number of carbonyl (C=O) groups is 2. The van der Waals surface area contributed by atoms with Gasteiger partial charge in [-0.15, -0.1) is 0 Å². The maximum atomic E-state index is 12.1. The molecule has 2 fully saturated rings. The first-order valence-electron chi connectivity index (χ1n) is 8.36. The summed E-state index contributed by atoms with van der Waals surface area (Å²) in [6, 6.07) is 0.262. The van der Waals surface area contributed by atoms with E-state index in [-0.39, 0.29) is 29.8 Å². The number of nitrogens with one attached hydrogen (secondary N) is 1. The fourth-order valence-electron chi connectivity index (χ4n) is 2.70. The fourth-order valence-corrected chi connectivity index (χ4v) is 2.70. The molecule has 2 amide bonds. The van der Waals surface area contributed by atoms with E-state index in [0.717, 1.165) is 19.3 Å². The molecule has 132 valence electrons. The molecule has 1 aromatic rings. The van der Waals surface area contributed by atoms with Crippen molar-refractivity contribution in [3.63, 3.8) is 0 Å². The summed E-state index contributed by atoms with van der Waals surface area (Å²) in [5.41, 5.74) is 6.05. The third kappa shape index (κ3) is 3.80. The van der Waals surface area contributed by atoms with Crippen molar-refractivity contribution in [1.82, 2.24) is 20.0 Å². The lowest BCUT2D eigenvalue weighted by molar-refractivity contribution is 0.0288. The Balaban J connectivity index is 1.63. The number of nitrogen functional groups attached to an aromatic ring is 1. The smallest absolute Gasteiger partial charge is 0.410 e. The van der Waals surface area contributed by atoms with Crippen LogP contribution in [0.2, 0.25) is 0 Å². The zero-order valence-corrected chi connectivity index (χ0v) is 14.4. The zero-order chi connectivity index (χ0) is 17.5. The van der Waals surface area contributed by atoms with Gasteiger partial charge in [-0.05, 0) is 40.0 Å². The minimum Gasteiger partial charge on any atom is -0.444 e. The molecule has 8 heteroatoms. The van der Waals surface area contributed by atoms with Crippen LogP contribution in [0.4, 0.5) is 10.5 Å². The number of nitrogens with two attached hydrogens (primary N) is 1. The number of carbonyl (C=O) groups excluding carboxylic acids is 2. The second-order valence-electron chi connectivity index (χ2n) is 7.53. The summed E-state index contributed by atoms with van der Waals surface area (Å²) in [7, 11) is 0. The van der Waals surface area contributed by atoms with E-state index < -0.39 is 5.60 Å². The Bertz CT molecular complexity index is 645. The van der Waals surface area contributed by atoms with Gasteiger partial charge in [0.2, 0.25) is 0 Å². The predicted molar refractivity (Wildman–Crippen MR) is 88.6 cm³/mol. The van der Waals surface area contributed by atoms with Crippen LogP contribution in [-0.2, 0) is 4.74 Å². The molecule has 1 saturated carbocycles. The lowest BCUT2D eigenvalue weighted by atomic mass is 10.2. The molecule has 3 rings (SSSR count). The monoisotopic (exact) mass is 335 g/mol. The van der Waals surface area contributed by atoms with Gasteiger partial charge in [-0.25, -0.2) is 4.79 Å². The largest absolute Gasteiger partial charge is 0.444 e. The lowest BCUT2D eigenvalue weighted by Crippen LogP contribution is -2.35. The summed E-state index contributed by atoms with van der Waals surface area (Å²) in [6.45, 7) is 6.63. The first-order chi connectivity index (χ1) is 11.2. The average molecular weight is 335 g/mol. The Hall–Kier alpha value is -2.25. The van der Waals surface area contributed by atoms with E-state index in [2.05, 4.69) is 10.4 Å². The molecule has 2 heterocycles. The van der Waals surface area contributed by atoms with Crippen molar-refractivity contribution in [2.45, 2.75) is 57.7 Å². The maximum absolute atomic E-state index is 12.1. The molecule has 1 saturated heterocycles. The van der Waals surface area contributed by atoms with Crippen molar-refractivity contribution in [3.05, 3.63) is 11.9 Å². The van der Waals surface area contributed by atoms with Gasteiger partial charge in [-0.1, -0.05) is 0 Å². The van der Waals surface area contributed by atoms with Crippen molar-refractivity contribution in [3.8, 4) is 0 Å². The first-order valence-corrected chi connectivity index (χ1v) is 8.36. The number of rotatable bonds is 3. The van der Waals surface area contributed by atoms with Crippen LogP contribution in [0.15, 0.2) is 6.20 Å². The highest BCUT2D eigenvalue weighted by molar-refractivity contribution is 5.97. The number of anilines is 1. The SMILES string of the molecule is CC(C)(C)OC(=O)N1CCC(n2cc(N)c(C(=O)NC3CC3)n2)C1. The summed E-state index contributed by atoms with van der Waals surface area (Å²) < 4.78 is 7.09. The number of hydrogen-bond donors (Lipinski definition) is 2. The number of hydrogen-bond acceptors (Lipinski definition) is 5. The molecule has 1 aromatic heterocycles. The van der Waals surface area contributed by atoms with E-state index in [1.807, 2.05) is 20.8 Å². The molecule has 8 nitrogen and oxygen atoms in total. The molecule has 2 aliphatic rings. The fraction of sp³-hybridized carbons (Fsp3) is 0.688. The number of ether oxygens (including phenoxy) is 1. The molecule has 1 aliphatic heterocycles. The van der Waals surface area contributed by atoms with Gasteiger partial charge in [0.25, 0.3) is 5.91 Å². The van der Waals surface area contributed by atoms with Crippen LogP contribution < -0.4 is 11.1 Å². The van der Waals surface area contributed by atoms with E-state index in [4.69, 9.17) is 10.5 Å². The van der Waals surface area contributed by atoms with Crippen LogP contribution in [-0.4, -0.2) is 51.4 Å². The highest BCUT2D eigenvalue weighted by Crippen LogP contribution is 2.25. The maximum Gasteiger partial charge on any atom is 0.410 e. The molecular formula is C16H25N5O3. The number of amides is 2. The molecular weight excluding hydrogens is 310 g/mol. The van der Waals surface area contributed by atoms with Crippen molar-refractivity contribution in [1.29, 1.82) is 0 Å². The second-order valence-corrected chi connectivity index (χ2v) is 7.53. The molecule has 0 bridgehead atoms. The minimum atomic E-state index is -0.515. The normalized spacial score (nSPS) is 21.0. The Morgan fingerprint density at radius 2 is 2.04 bits per heavy atom. The topological polar surface area (TPSA) is 102 Å². The van der Waals surface area contributed by atoms with Crippen LogP contribution in [0.1, 0.15) is 56.6 Å². The number of aromatic nitrogens is 2. The lowest BCUT2D eigenvalue weighted by Gasteiger charge is -2.24. The summed E-state index contributed by atoms with van der Waals surface area (Å²) in [6.07, 6.45) is 4.13. The second kappa shape index (κ2) is 5.99. The summed E-state index contributed by atoms with van der Waals surface area (Å²) in [4.78, 5) is 25.9. The average Bonchev–Trinajstić information content (AvgIpc) is 3.00. The molecule has 0 spiro atoms. The summed E-state index contributed by atoms with van der Waals surface area (Å²) >= 11 is 0. The van der Waals surface area contributed by atoms with Gasteiger partial charge in [0.15, 0.2) is 5.69 Å². The van der Waals surface area contributed by atoms with Crippen LogP contribution in [0, 0.1) is 0 Å². The van der Waals surface area contributed by atoms with Crippen molar-refractivity contribution >= 4 is 17.7 Å². The van der Waals surface area contributed by atoms with Gasteiger partial charge in [0.05, 0.1) is 11.7 Å². The third-order valence-corrected chi connectivity index (χ3v) is 4.08. The van der Waals surface area contributed by atoms with E-state index in [0.29, 0.717) is 18.8 Å². The number of nitrogens with zero attached hydrogens (tertiary/aromatic N) is 3. The van der Waals surface area contributed by atoms with Crippen LogP contribution in [0.3, 0.4) is 0 Å². The van der Waals surface area contributed by atoms with Crippen molar-refractivity contribution < 1.29 is 14.3 Å². The Morgan fingerprint density at radius 1 is 1.33 bits per heavy atom. The standard InChI is InChI=1S/C16H25N5O3/c1-16(2,3)24-15(23)20-7-6-11(8-20)21-9-12(17)13(19-21)14(22)18-10-4-5-10/h9-11H,4-8,17H2,1-3H3,(H,18,22). The highest BCUT2D eigenvalue weighted by Gasteiger charge is 2.32. The van der Waals surface area contributed by atoms with Crippen LogP contribution in [0.5, 0.6) is 0 Å². The van der Waals surface area contributed by atoms with Crippen LogP contribution >= 0.6 is 0 Å². The van der Waals surface area contributed by atoms with Gasteiger partial charge in [-0.3, -0.25) is 9.48 Å². The third-order valence-electron chi connectivity index (χ3n) is 4.08. The molecule has 0 aromatic carbocycles. The quantitative estimate of drug-likeness (QED) is 0.872. The van der Waals surface area contributed by atoms with Gasteiger partial charge < -0.3 is 20.7 Å². The Labute approximate surface area is 141 Å². The van der Waals surface area contributed by atoms with Crippen LogP contribution in [0.25, 0.3) is 0 Å². The minimum absolute atomic E-state index is 0.00212. The Morgan fingerprint density at radius 3 is 2.67 bits per heavy atom. The van der Waals surface area contributed by atoms with E-state index >= 15 is 0 Å². The molecule has 1 unspecified atom stereocenters. The van der Waals surface area contributed by atoms with Gasteiger partial charge in [0, 0.05) is 25.3 Å². The first kappa shape index (κ1) is 16.6. The van der Waals surface area contributed by atoms with Crippen molar-refractivity contribution in [2.24, 2.45) is 0 Å². The molecule has 1 aliphatic carbocycles. The van der Waals surface area contributed by atoms with E-state index in [9.17, 15) is 9.59 Å². The Kier molecular flexibility index (Phi) is 4.15. The highest BCUT2D eigenvalue weighted by atomic mass is 16.6. The molecule has 24 heavy (non-hydrogen) atoms. The van der Waals surface area contributed by atoms with Gasteiger partial charge in [-0.2, -0.15) is 5.10 Å². The summed E-state index contributed by atoms with van der Waals surface area (Å²) in [5, 5.41) is 7.23. The van der Waals surface area contributed by atoms with Gasteiger partial charge >= 0.3 is 6.09 Å². The number of likely N-dealkylation sites (tertiary alicyclic amines) is 1. The van der Waals surface area contributed by atoms with Gasteiger partial charge in [0.1, 0.15) is 5.60 Å². The van der Waals surface area contributed by atoms with E-state index in [1.54, 1.807) is 15.8 Å². The molecule has 0 radical (unpaired) electrons. The van der Waals surface area contributed by atoms with Crippen molar-refractivity contribution in [2.75, 3.05) is 18.8 Å². The molecule has 1 atom stereocenters. The zero-order valence-electron chi connectivity index (χ0n) is 14.4. The predicted octanol–water partition coefficient (Wildman–Crippen LogP) is 1.54. The summed E-state index contributed by atoms with van der Waals surface area (Å²) in [5.74, 6) is -0.226.